The van der Waals surface area contributed by atoms with Gasteiger partial charge in [0.2, 0.25) is 0 Å². The predicted octanol–water partition coefficient (Wildman–Crippen LogP) is 2.51. The molecule has 0 unspecified atom stereocenters. The summed E-state index contributed by atoms with van der Waals surface area (Å²) < 4.78 is 1.80. The number of hydrogen-bond donors (Lipinski definition) is 2. The van der Waals surface area contributed by atoms with Crippen LogP contribution in [0.5, 0.6) is 0 Å². The molecule has 1 aliphatic heterocycles. The van der Waals surface area contributed by atoms with E-state index in [2.05, 4.69) is 27.7 Å². The van der Waals surface area contributed by atoms with Crippen LogP contribution in [0.15, 0.2) is 24.5 Å². The molecule has 2 amide bonds. The van der Waals surface area contributed by atoms with Gasteiger partial charge in [-0.15, -0.1) is 0 Å². The maximum atomic E-state index is 12.0. The molecule has 0 bridgehead atoms. The van der Waals surface area contributed by atoms with E-state index < -0.39 is 0 Å². The van der Waals surface area contributed by atoms with Crippen molar-refractivity contribution in [3.8, 4) is 0 Å². The van der Waals surface area contributed by atoms with Crippen LogP contribution in [0, 0.1) is 0 Å². The highest BCUT2D eigenvalue weighted by Gasteiger charge is 2.23. The van der Waals surface area contributed by atoms with Gasteiger partial charge in [0.05, 0.1) is 11.0 Å². The second-order valence-electron chi connectivity index (χ2n) is 6.64. The minimum atomic E-state index is -0.198. The molecule has 0 radical (unpaired) electrons. The summed E-state index contributed by atoms with van der Waals surface area (Å²) in [4.78, 5) is 18.9. The molecule has 0 aliphatic carbocycles. The maximum Gasteiger partial charge on any atom is 0.334 e. The molecule has 124 valence electrons. The maximum absolute atomic E-state index is 12.0. The number of hydrogen-bond acceptors (Lipinski definition) is 3. The molecule has 2 aromatic rings. The van der Waals surface area contributed by atoms with Gasteiger partial charge in [-0.3, -0.25) is 9.66 Å². The van der Waals surface area contributed by atoms with Gasteiger partial charge in [-0.05, 0) is 64.9 Å². The van der Waals surface area contributed by atoms with Crippen LogP contribution >= 0.6 is 0 Å². The standard InChI is InChI=1S/C17H25N5O/c1-12(2)19-17(23)20-22-11-14(13-6-9-21(3)10-7-13)16-15(22)5-4-8-18-16/h4-5,8,11-13H,6-7,9-10H2,1-3H3,(H2,19,20,23). The Hall–Kier alpha value is -2.08. The largest absolute Gasteiger partial charge is 0.335 e. The lowest BCUT2D eigenvalue weighted by molar-refractivity contribution is 0.247. The molecule has 2 N–H and O–H groups in total. The zero-order valence-corrected chi connectivity index (χ0v) is 14.0. The van der Waals surface area contributed by atoms with Crippen molar-refractivity contribution in [2.75, 3.05) is 25.6 Å². The zero-order valence-electron chi connectivity index (χ0n) is 14.0. The summed E-state index contributed by atoms with van der Waals surface area (Å²) >= 11 is 0. The average Bonchev–Trinajstić information content (AvgIpc) is 2.86. The fraction of sp³-hybridized carbons (Fsp3) is 0.529. The van der Waals surface area contributed by atoms with Crippen molar-refractivity contribution in [3.63, 3.8) is 0 Å². The van der Waals surface area contributed by atoms with E-state index in [-0.39, 0.29) is 12.1 Å². The molecule has 1 fully saturated rings. The summed E-state index contributed by atoms with van der Waals surface area (Å²) in [5.41, 5.74) is 6.07. The number of carbonyl (C=O) groups excluding carboxylic acids is 1. The molecule has 23 heavy (non-hydrogen) atoms. The zero-order chi connectivity index (χ0) is 16.4. The predicted molar refractivity (Wildman–Crippen MR) is 92.2 cm³/mol. The van der Waals surface area contributed by atoms with E-state index in [4.69, 9.17) is 0 Å². The Kier molecular flexibility index (Phi) is 4.52. The van der Waals surface area contributed by atoms with E-state index in [1.165, 1.54) is 5.56 Å². The van der Waals surface area contributed by atoms with Gasteiger partial charge >= 0.3 is 6.03 Å². The summed E-state index contributed by atoms with van der Waals surface area (Å²) in [6, 6.07) is 3.80. The van der Waals surface area contributed by atoms with Crippen LogP contribution in [0.1, 0.15) is 38.2 Å². The summed E-state index contributed by atoms with van der Waals surface area (Å²) in [6.07, 6.45) is 6.11. The summed E-state index contributed by atoms with van der Waals surface area (Å²) in [6.45, 7) is 6.09. The van der Waals surface area contributed by atoms with Crippen molar-refractivity contribution in [3.05, 3.63) is 30.1 Å². The fourth-order valence-electron chi connectivity index (χ4n) is 3.20. The number of aromatic nitrogens is 2. The molecule has 3 heterocycles. The lowest BCUT2D eigenvalue weighted by Crippen LogP contribution is -2.37. The minimum Gasteiger partial charge on any atom is -0.335 e. The third-order valence-corrected chi connectivity index (χ3v) is 4.39. The number of piperidine rings is 1. The Balaban J connectivity index is 1.89. The SMILES string of the molecule is CC(C)NC(=O)Nn1cc(C2CCN(C)CC2)c2ncccc21. The summed E-state index contributed by atoms with van der Waals surface area (Å²) in [5.74, 6) is 0.500. The number of likely N-dealkylation sites (tertiary alicyclic amines) is 1. The summed E-state index contributed by atoms with van der Waals surface area (Å²) in [5, 5.41) is 2.85. The van der Waals surface area contributed by atoms with E-state index in [1.807, 2.05) is 38.4 Å². The number of amides is 2. The van der Waals surface area contributed by atoms with E-state index in [0.29, 0.717) is 5.92 Å². The van der Waals surface area contributed by atoms with Crippen LogP contribution in [-0.2, 0) is 0 Å². The Morgan fingerprint density at radius 2 is 2.09 bits per heavy atom. The van der Waals surface area contributed by atoms with Gasteiger partial charge in [0, 0.05) is 24.0 Å². The fourth-order valence-corrected chi connectivity index (χ4v) is 3.20. The van der Waals surface area contributed by atoms with Gasteiger partial charge in [0.25, 0.3) is 0 Å². The number of nitrogens with one attached hydrogen (secondary N) is 2. The van der Waals surface area contributed by atoms with Crippen molar-refractivity contribution in [1.82, 2.24) is 19.9 Å². The first-order valence-corrected chi connectivity index (χ1v) is 8.26. The molecule has 0 atom stereocenters. The molecule has 1 saturated heterocycles. The van der Waals surface area contributed by atoms with Gasteiger partial charge in [-0.25, -0.2) is 10.2 Å². The van der Waals surface area contributed by atoms with E-state index in [9.17, 15) is 4.79 Å². The van der Waals surface area contributed by atoms with Gasteiger partial charge < -0.3 is 10.2 Å². The number of urea groups is 1. The molecule has 6 nitrogen and oxygen atoms in total. The van der Waals surface area contributed by atoms with E-state index in [1.54, 1.807) is 4.68 Å². The first-order chi connectivity index (χ1) is 11.0. The monoisotopic (exact) mass is 315 g/mol. The average molecular weight is 315 g/mol. The number of carbonyl (C=O) groups is 1. The molecular weight excluding hydrogens is 290 g/mol. The second-order valence-corrected chi connectivity index (χ2v) is 6.64. The van der Waals surface area contributed by atoms with E-state index in [0.717, 1.165) is 37.0 Å². The Labute approximate surface area is 136 Å². The quantitative estimate of drug-likeness (QED) is 0.915. The first kappa shape index (κ1) is 15.8. The van der Waals surface area contributed by atoms with Crippen LogP contribution in [-0.4, -0.2) is 46.8 Å². The van der Waals surface area contributed by atoms with Gasteiger partial charge in [-0.1, -0.05) is 0 Å². The van der Waals surface area contributed by atoms with Gasteiger partial charge in [0.15, 0.2) is 0 Å². The van der Waals surface area contributed by atoms with Crippen molar-refractivity contribution < 1.29 is 4.79 Å². The highest BCUT2D eigenvalue weighted by molar-refractivity contribution is 5.87. The Bertz CT molecular complexity index is 685. The van der Waals surface area contributed by atoms with Crippen LogP contribution < -0.4 is 10.7 Å². The lowest BCUT2D eigenvalue weighted by Gasteiger charge is -2.28. The Morgan fingerprint density at radius 1 is 1.35 bits per heavy atom. The van der Waals surface area contributed by atoms with E-state index >= 15 is 0 Å². The minimum absolute atomic E-state index is 0.100. The molecule has 6 heteroatoms. The smallest absolute Gasteiger partial charge is 0.334 e. The van der Waals surface area contributed by atoms with Crippen LogP contribution in [0.4, 0.5) is 4.79 Å². The first-order valence-electron chi connectivity index (χ1n) is 8.26. The normalized spacial score (nSPS) is 16.9. The molecule has 3 rings (SSSR count). The molecule has 0 aromatic carbocycles. The molecular formula is C17H25N5O. The number of fused-ring (bicyclic) bond motifs is 1. The highest BCUT2D eigenvalue weighted by Crippen LogP contribution is 2.32. The number of nitrogens with zero attached hydrogens (tertiary/aromatic N) is 3. The third kappa shape index (κ3) is 3.47. The molecule has 0 saturated carbocycles. The van der Waals surface area contributed by atoms with Crippen LogP contribution in [0.25, 0.3) is 11.0 Å². The topological polar surface area (TPSA) is 62.2 Å². The number of rotatable bonds is 3. The van der Waals surface area contributed by atoms with Crippen molar-refractivity contribution in [2.45, 2.75) is 38.6 Å². The van der Waals surface area contributed by atoms with Crippen molar-refractivity contribution in [2.24, 2.45) is 0 Å². The number of pyridine rings is 1. The van der Waals surface area contributed by atoms with Gasteiger partial charge in [0.1, 0.15) is 0 Å². The molecule has 0 spiro atoms. The lowest BCUT2D eigenvalue weighted by atomic mass is 9.91. The van der Waals surface area contributed by atoms with Crippen LogP contribution in [0.2, 0.25) is 0 Å². The van der Waals surface area contributed by atoms with Gasteiger partial charge in [-0.2, -0.15) is 0 Å². The highest BCUT2D eigenvalue weighted by atomic mass is 16.2. The Morgan fingerprint density at radius 3 is 2.78 bits per heavy atom. The van der Waals surface area contributed by atoms with Crippen molar-refractivity contribution >= 4 is 17.1 Å². The van der Waals surface area contributed by atoms with Crippen molar-refractivity contribution in [1.29, 1.82) is 0 Å². The second kappa shape index (κ2) is 6.58. The third-order valence-electron chi connectivity index (χ3n) is 4.39. The summed E-state index contributed by atoms with van der Waals surface area (Å²) in [7, 11) is 2.16. The molecule has 2 aromatic heterocycles. The molecule has 1 aliphatic rings. The van der Waals surface area contributed by atoms with Crippen LogP contribution in [0.3, 0.4) is 0 Å².